The number of piperidine rings is 1. The number of hydrogen-bond donors (Lipinski definition) is 3. The van der Waals surface area contributed by atoms with E-state index in [4.69, 9.17) is 10.2 Å². The number of nitrogens with two attached hydrogens (primary N) is 1. The predicted octanol–water partition coefficient (Wildman–Crippen LogP) is 4.55. The lowest BCUT2D eigenvalue weighted by Crippen LogP contribution is -2.28. The zero-order valence-electron chi connectivity index (χ0n) is 18.1. The first-order valence-electron chi connectivity index (χ1n) is 11.3. The van der Waals surface area contributed by atoms with E-state index in [2.05, 4.69) is 33.4 Å². The number of fused-ring (bicyclic) bond motifs is 2. The molecule has 4 N–H and O–H groups in total. The number of nitrogen functional groups attached to an aromatic ring is 1. The number of hydrogen-bond acceptors (Lipinski definition) is 5. The van der Waals surface area contributed by atoms with Crippen molar-refractivity contribution in [1.29, 1.82) is 0 Å². The maximum Gasteiger partial charge on any atom is 0.261 e. The van der Waals surface area contributed by atoms with E-state index in [1.165, 1.54) is 24.8 Å². The average Bonchev–Trinajstić information content (AvgIpc) is 3.54. The largest absolute Gasteiger partial charge is 0.464 e. The molecule has 0 atom stereocenters. The van der Waals surface area contributed by atoms with Crippen molar-refractivity contribution >= 4 is 28.4 Å². The van der Waals surface area contributed by atoms with Gasteiger partial charge in [0.1, 0.15) is 5.76 Å². The minimum atomic E-state index is -0.484. The summed E-state index contributed by atoms with van der Waals surface area (Å²) in [4.78, 5) is 31.2. The summed E-state index contributed by atoms with van der Waals surface area (Å²) in [5, 5.41) is 3.45. The second kappa shape index (κ2) is 7.64. The number of imide groups is 1. The molecule has 2 aliphatic rings. The van der Waals surface area contributed by atoms with E-state index in [1.807, 2.05) is 12.1 Å². The van der Waals surface area contributed by atoms with E-state index >= 15 is 0 Å². The molecule has 33 heavy (non-hydrogen) atoms. The number of amides is 2. The molecule has 2 aromatic heterocycles. The van der Waals surface area contributed by atoms with Gasteiger partial charge in [-0.05, 0) is 67.9 Å². The minimum absolute atomic E-state index is 0.202. The number of carbonyl (C=O) groups excluding carboxylic acids is 2. The van der Waals surface area contributed by atoms with Crippen LogP contribution in [0.2, 0.25) is 0 Å². The number of aromatic nitrogens is 1. The maximum absolute atomic E-state index is 12.7. The highest BCUT2D eigenvalue weighted by Crippen LogP contribution is 2.40. The zero-order valence-corrected chi connectivity index (χ0v) is 18.1. The van der Waals surface area contributed by atoms with Gasteiger partial charge in [0.25, 0.3) is 11.8 Å². The number of aromatic amines is 1. The molecule has 0 aliphatic carbocycles. The Hall–Kier alpha value is -3.84. The smallest absolute Gasteiger partial charge is 0.261 e. The summed E-state index contributed by atoms with van der Waals surface area (Å²) in [6.45, 7) is 3.23. The molecule has 0 bridgehead atoms. The predicted molar refractivity (Wildman–Crippen MR) is 127 cm³/mol. The molecule has 2 aliphatic heterocycles. The van der Waals surface area contributed by atoms with Gasteiger partial charge in [0.2, 0.25) is 0 Å². The SMILES string of the molecule is Nc1c(-c2ccco2)cc(-c2cc3cc(CN4CCCCC4)ccc3[nH]2)c2c1C(=O)NC2=O. The van der Waals surface area contributed by atoms with Crippen LogP contribution in [-0.4, -0.2) is 34.8 Å². The van der Waals surface area contributed by atoms with Crippen molar-refractivity contribution in [1.82, 2.24) is 15.2 Å². The van der Waals surface area contributed by atoms with Crippen LogP contribution in [0, 0.1) is 0 Å². The van der Waals surface area contributed by atoms with E-state index in [0.717, 1.165) is 36.2 Å². The molecule has 0 spiro atoms. The molecular formula is C26H24N4O3. The second-order valence-electron chi connectivity index (χ2n) is 8.84. The Kier molecular flexibility index (Phi) is 4.58. The van der Waals surface area contributed by atoms with Crippen molar-refractivity contribution in [2.45, 2.75) is 25.8 Å². The number of nitrogens with zero attached hydrogens (tertiary/aromatic N) is 1. The molecule has 166 valence electrons. The van der Waals surface area contributed by atoms with Crippen molar-refractivity contribution in [3.05, 3.63) is 65.4 Å². The molecule has 6 rings (SSSR count). The summed E-state index contributed by atoms with van der Waals surface area (Å²) in [7, 11) is 0. The molecule has 4 heterocycles. The first-order valence-corrected chi connectivity index (χ1v) is 11.3. The highest BCUT2D eigenvalue weighted by atomic mass is 16.3. The lowest BCUT2D eigenvalue weighted by molar-refractivity contribution is 0.0880. The van der Waals surface area contributed by atoms with E-state index < -0.39 is 11.8 Å². The third kappa shape index (κ3) is 3.32. The zero-order chi connectivity index (χ0) is 22.5. The Morgan fingerprint density at radius 3 is 2.55 bits per heavy atom. The van der Waals surface area contributed by atoms with Gasteiger partial charge in [0.15, 0.2) is 0 Å². The standard InChI is InChI=1S/C26H24N4O3/c27-24-18(21-5-4-10-33-21)13-17(22-23(24)26(32)29-25(22)31)20-12-16-11-15(6-7-19(16)28-20)14-30-8-2-1-3-9-30/h4-7,10-13,28H,1-3,8-9,14,27H2,(H,29,31,32). The van der Waals surface area contributed by atoms with Crippen LogP contribution in [0.3, 0.4) is 0 Å². The van der Waals surface area contributed by atoms with Crippen molar-refractivity contribution in [3.8, 4) is 22.6 Å². The van der Waals surface area contributed by atoms with Gasteiger partial charge in [-0.15, -0.1) is 0 Å². The molecule has 2 aromatic carbocycles. The lowest BCUT2D eigenvalue weighted by atomic mass is 9.93. The van der Waals surface area contributed by atoms with E-state index in [9.17, 15) is 9.59 Å². The molecule has 7 heteroatoms. The van der Waals surface area contributed by atoms with E-state index in [0.29, 0.717) is 22.5 Å². The highest BCUT2D eigenvalue weighted by molar-refractivity contribution is 6.27. The van der Waals surface area contributed by atoms with Gasteiger partial charge in [0.05, 0.1) is 23.1 Å². The number of anilines is 1. The summed E-state index contributed by atoms with van der Waals surface area (Å²) in [5.74, 6) is -0.377. The fourth-order valence-corrected chi connectivity index (χ4v) is 5.05. The molecule has 4 aromatic rings. The minimum Gasteiger partial charge on any atom is -0.464 e. The number of carbonyl (C=O) groups is 2. The number of nitrogens with one attached hydrogen (secondary N) is 2. The van der Waals surface area contributed by atoms with E-state index in [-0.39, 0.29) is 11.3 Å². The topological polar surface area (TPSA) is 104 Å². The number of furan rings is 1. The second-order valence-corrected chi connectivity index (χ2v) is 8.84. The van der Waals surface area contributed by atoms with Crippen molar-refractivity contribution < 1.29 is 14.0 Å². The highest BCUT2D eigenvalue weighted by Gasteiger charge is 2.34. The molecule has 1 saturated heterocycles. The van der Waals surface area contributed by atoms with Gasteiger partial charge in [-0.25, -0.2) is 0 Å². The third-order valence-corrected chi connectivity index (χ3v) is 6.67. The first-order chi connectivity index (χ1) is 16.1. The molecule has 1 fully saturated rings. The first kappa shape index (κ1) is 19.8. The molecule has 0 radical (unpaired) electrons. The van der Waals surface area contributed by atoms with Gasteiger partial charge in [-0.3, -0.25) is 19.8 Å². The Labute approximate surface area is 190 Å². The summed E-state index contributed by atoms with van der Waals surface area (Å²) >= 11 is 0. The third-order valence-electron chi connectivity index (χ3n) is 6.67. The van der Waals surface area contributed by atoms with Crippen LogP contribution < -0.4 is 11.1 Å². The van der Waals surface area contributed by atoms with E-state index in [1.54, 1.807) is 18.4 Å². The Bertz CT molecular complexity index is 1390. The Morgan fingerprint density at radius 1 is 0.939 bits per heavy atom. The van der Waals surface area contributed by atoms with Gasteiger partial charge < -0.3 is 15.1 Å². The Balaban J connectivity index is 1.46. The summed E-state index contributed by atoms with van der Waals surface area (Å²) in [6, 6.07) is 13.8. The maximum atomic E-state index is 12.7. The van der Waals surface area contributed by atoms with Gasteiger partial charge in [-0.2, -0.15) is 0 Å². The fourth-order valence-electron chi connectivity index (χ4n) is 5.05. The quantitative estimate of drug-likeness (QED) is 0.319. The summed E-state index contributed by atoms with van der Waals surface area (Å²) in [5.41, 5.74) is 11.3. The normalized spacial score (nSPS) is 16.4. The van der Waals surface area contributed by atoms with Crippen molar-refractivity contribution in [2.24, 2.45) is 0 Å². The monoisotopic (exact) mass is 440 g/mol. The number of benzene rings is 2. The van der Waals surface area contributed by atoms with Gasteiger partial charge >= 0.3 is 0 Å². The molecule has 0 saturated carbocycles. The van der Waals surface area contributed by atoms with Crippen LogP contribution in [0.15, 0.2) is 53.1 Å². The van der Waals surface area contributed by atoms with Crippen LogP contribution >= 0.6 is 0 Å². The summed E-state index contributed by atoms with van der Waals surface area (Å²) in [6.07, 6.45) is 5.40. The van der Waals surface area contributed by atoms with Crippen LogP contribution in [0.25, 0.3) is 33.5 Å². The van der Waals surface area contributed by atoms with Gasteiger partial charge in [0, 0.05) is 34.3 Å². The number of H-pyrrole nitrogens is 1. The fraction of sp³-hybridized carbons (Fsp3) is 0.231. The average molecular weight is 441 g/mol. The van der Waals surface area contributed by atoms with Crippen LogP contribution in [0.5, 0.6) is 0 Å². The molecule has 2 amide bonds. The van der Waals surface area contributed by atoms with Crippen LogP contribution in [0.4, 0.5) is 5.69 Å². The Morgan fingerprint density at radius 2 is 1.76 bits per heavy atom. The number of rotatable bonds is 4. The van der Waals surface area contributed by atoms with Crippen molar-refractivity contribution in [2.75, 3.05) is 18.8 Å². The molecule has 7 nitrogen and oxygen atoms in total. The van der Waals surface area contributed by atoms with Crippen molar-refractivity contribution in [3.63, 3.8) is 0 Å². The number of likely N-dealkylation sites (tertiary alicyclic amines) is 1. The molecular weight excluding hydrogens is 416 g/mol. The summed E-state index contributed by atoms with van der Waals surface area (Å²) < 4.78 is 5.55. The van der Waals surface area contributed by atoms with Crippen LogP contribution in [0.1, 0.15) is 45.5 Å². The molecule has 0 unspecified atom stereocenters. The lowest BCUT2D eigenvalue weighted by Gasteiger charge is -2.26. The van der Waals surface area contributed by atoms with Crippen LogP contribution in [-0.2, 0) is 6.54 Å². The van der Waals surface area contributed by atoms with Gasteiger partial charge in [-0.1, -0.05) is 12.5 Å².